The molecule has 5 N–H and O–H groups in total. The van der Waals surface area contributed by atoms with E-state index >= 15 is 0 Å². The van der Waals surface area contributed by atoms with Crippen LogP contribution in [0.3, 0.4) is 0 Å². The fourth-order valence-electron chi connectivity index (χ4n) is 2.51. The Morgan fingerprint density at radius 2 is 2.05 bits per heavy atom. The van der Waals surface area contributed by atoms with Crippen LogP contribution in [0.25, 0.3) is 5.57 Å². The lowest BCUT2D eigenvalue weighted by atomic mass is 9.86. The molecule has 0 radical (unpaired) electrons. The van der Waals surface area contributed by atoms with Gasteiger partial charge in [-0.2, -0.15) is 0 Å². The summed E-state index contributed by atoms with van der Waals surface area (Å²) in [4.78, 5) is 5.05. The predicted molar refractivity (Wildman–Crippen MR) is 79.8 cm³/mol. The Labute approximate surface area is 119 Å². The summed E-state index contributed by atoms with van der Waals surface area (Å²) >= 11 is 0. The number of allylic oxidation sites excluding steroid dienone is 1. The van der Waals surface area contributed by atoms with Crippen molar-refractivity contribution < 1.29 is 10.2 Å². The van der Waals surface area contributed by atoms with Gasteiger partial charge in [0.1, 0.15) is 0 Å². The van der Waals surface area contributed by atoms with Crippen LogP contribution in [-0.2, 0) is 0 Å². The third-order valence-corrected chi connectivity index (χ3v) is 3.47. The standard InChI is InChI=1S/C15H23N3O2/c1-15(16)4-2-14(18(6-8-19)7-9-20)13(10-15)12-3-5-17-11-12/h2-3,5,10-11,17,19-20H,4,6-9,16H2,1H3. The van der Waals surface area contributed by atoms with Crippen LogP contribution in [0.5, 0.6) is 0 Å². The molecular formula is C15H23N3O2. The Morgan fingerprint density at radius 1 is 1.35 bits per heavy atom. The molecule has 20 heavy (non-hydrogen) atoms. The first kappa shape index (κ1) is 14.8. The normalized spacial score (nSPS) is 22.4. The number of aliphatic hydroxyl groups excluding tert-OH is 2. The van der Waals surface area contributed by atoms with E-state index < -0.39 is 0 Å². The maximum atomic E-state index is 9.21. The molecule has 0 aliphatic heterocycles. The summed E-state index contributed by atoms with van der Waals surface area (Å²) in [6.45, 7) is 3.09. The second-order valence-corrected chi connectivity index (χ2v) is 5.39. The summed E-state index contributed by atoms with van der Waals surface area (Å²) < 4.78 is 0. The van der Waals surface area contributed by atoms with Crippen molar-refractivity contribution in [2.75, 3.05) is 26.3 Å². The van der Waals surface area contributed by atoms with E-state index in [4.69, 9.17) is 5.73 Å². The first-order valence-electron chi connectivity index (χ1n) is 6.89. The van der Waals surface area contributed by atoms with Gasteiger partial charge in [-0.15, -0.1) is 0 Å². The summed E-state index contributed by atoms with van der Waals surface area (Å²) in [5.74, 6) is 0. The first-order chi connectivity index (χ1) is 9.57. The summed E-state index contributed by atoms with van der Waals surface area (Å²) in [5.41, 5.74) is 8.99. The molecule has 0 bridgehead atoms. The van der Waals surface area contributed by atoms with Crippen molar-refractivity contribution in [1.82, 2.24) is 9.88 Å². The van der Waals surface area contributed by atoms with E-state index in [-0.39, 0.29) is 18.8 Å². The van der Waals surface area contributed by atoms with E-state index in [0.29, 0.717) is 13.1 Å². The molecule has 0 saturated carbocycles. The van der Waals surface area contributed by atoms with Gasteiger partial charge in [0, 0.05) is 47.9 Å². The van der Waals surface area contributed by atoms with Gasteiger partial charge in [-0.1, -0.05) is 12.2 Å². The van der Waals surface area contributed by atoms with Gasteiger partial charge in [0.05, 0.1) is 13.2 Å². The molecule has 1 atom stereocenters. The van der Waals surface area contributed by atoms with E-state index in [1.165, 1.54) is 0 Å². The molecule has 1 aromatic rings. The van der Waals surface area contributed by atoms with Crippen LogP contribution >= 0.6 is 0 Å². The van der Waals surface area contributed by atoms with Crippen molar-refractivity contribution in [1.29, 1.82) is 0 Å². The summed E-state index contributed by atoms with van der Waals surface area (Å²) in [7, 11) is 0. The highest BCUT2D eigenvalue weighted by Crippen LogP contribution is 2.33. The lowest BCUT2D eigenvalue weighted by molar-refractivity contribution is 0.192. The van der Waals surface area contributed by atoms with Crippen molar-refractivity contribution >= 4 is 5.57 Å². The number of nitrogens with zero attached hydrogens (tertiary/aromatic N) is 1. The smallest absolute Gasteiger partial charge is 0.0606 e. The molecule has 1 aliphatic rings. The molecule has 5 heteroatoms. The van der Waals surface area contributed by atoms with E-state index in [1.807, 2.05) is 30.3 Å². The van der Waals surface area contributed by atoms with Crippen molar-refractivity contribution in [2.24, 2.45) is 5.73 Å². The quantitative estimate of drug-likeness (QED) is 0.616. The number of hydrogen-bond acceptors (Lipinski definition) is 4. The number of H-pyrrole nitrogens is 1. The van der Waals surface area contributed by atoms with Crippen LogP contribution in [0.4, 0.5) is 0 Å². The molecule has 1 heterocycles. The molecule has 1 aromatic heterocycles. The number of aliphatic hydroxyl groups is 2. The van der Waals surface area contributed by atoms with Gasteiger partial charge in [0.2, 0.25) is 0 Å². The zero-order chi connectivity index (χ0) is 14.6. The lowest BCUT2D eigenvalue weighted by Gasteiger charge is -2.34. The molecule has 110 valence electrons. The minimum Gasteiger partial charge on any atom is -0.395 e. The highest BCUT2D eigenvalue weighted by Gasteiger charge is 2.25. The molecule has 5 nitrogen and oxygen atoms in total. The molecule has 0 saturated heterocycles. The Balaban J connectivity index is 2.35. The zero-order valence-electron chi connectivity index (χ0n) is 11.8. The molecule has 2 rings (SSSR count). The Bertz CT molecular complexity index is 483. The highest BCUT2D eigenvalue weighted by atomic mass is 16.3. The molecular weight excluding hydrogens is 254 g/mol. The van der Waals surface area contributed by atoms with Crippen molar-refractivity contribution in [3.05, 3.63) is 41.9 Å². The van der Waals surface area contributed by atoms with Gasteiger partial charge in [-0.3, -0.25) is 0 Å². The second kappa shape index (κ2) is 6.26. The van der Waals surface area contributed by atoms with Crippen LogP contribution < -0.4 is 5.73 Å². The lowest BCUT2D eigenvalue weighted by Crippen LogP contribution is -2.38. The van der Waals surface area contributed by atoms with Gasteiger partial charge in [-0.05, 0) is 19.4 Å². The summed E-state index contributed by atoms with van der Waals surface area (Å²) in [5, 5.41) is 18.4. The fourth-order valence-corrected chi connectivity index (χ4v) is 2.51. The molecule has 1 aliphatic carbocycles. The largest absolute Gasteiger partial charge is 0.395 e. The van der Waals surface area contributed by atoms with Gasteiger partial charge in [0.15, 0.2) is 0 Å². The van der Waals surface area contributed by atoms with Gasteiger partial charge in [-0.25, -0.2) is 0 Å². The van der Waals surface area contributed by atoms with E-state index in [9.17, 15) is 10.2 Å². The first-order valence-corrected chi connectivity index (χ1v) is 6.89. The molecule has 1 unspecified atom stereocenters. The Morgan fingerprint density at radius 3 is 2.60 bits per heavy atom. The number of hydrogen-bond donors (Lipinski definition) is 4. The number of aromatic nitrogens is 1. The van der Waals surface area contributed by atoms with Crippen molar-refractivity contribution in [3.8, 4) is 0 Å². The monoisotopic (exact) mass is 277 g/mol. The van der Waals surface area contributed by atoms with Gasteiger partial charge < -0.3 is 25.8 Å². The molecule has 0 aromatic carbocycles. The summed E-state index contributed by atoms with van der Waals surface area (Å²) in [6.07, 6.45) is 8.69. The van der Waals surface area contributed by atoms with Crippen molar-refractivity contribution in [2.45, 2.75) is 18.9 Å². The Hall–Kier alpha value is -1.56. The second-order valence-electron chi connectivity index (χ2n) is 5.39. The van der Waals surface area contributed by atoms with Gasteiger partial charge in [0.25, 0.3) is 0 Å². The summed E-state index contributed by atoms with van der Waals surface area (Å²) in [6, 6.07) is 2.00. The minimum atomic E-state index is -0.375. The van der Waals surface area contributed by atoms with Crippen LogP contribution in [-0.4, -0.2) is 51.9 Å². The average Bonchev–Trinajstić information content (AvgIpc) is 2.91. The average molecular weight is 277 g/mol. The Kier molecular flexibility index (Phi) is 4.65. The molecule has 0 spiro atoms. The van der Waals surface area contributed by atoms with E-state index in [2.05, 4.69) is 17.1 Å². The van der Waals surface area contributed by atoms with Crippen LogP contribution in [0.2, 0.25) is 0 Å². The number of aromatic amines is 1. The fraction of sp³-hybridized carbons (Fsp3) is 0.467. The molecule has 0 amide bonds. The number of nitrogens with one attached hydrogen (secondary N) is 1. The van der Waals surface area contributed by atoms with Crippen LogP contribution in [0.1, 0.15) is 18.9 Å². The number of rotatable bonds is 6. The van der Waals surface area contributed by atoms with E-state index in [1.54, 1.807) is 0 Å². The number of nitrogens with two attached hydrogens (primary N) is 1. The minimum absolute atomic E-state index is 0.0532. The zero-order valence-corrected chi connectivity index (χ0v) is 11.8. The third kappa shape index (κ3) is 3.30. The molecule has 0 fully saturated rings. The van der Waals surface area contributed by atoms with E-state index in [0.717, 1.165) is 23.3 Å². The maximum absolute atomic E-state index is 9.21. The van der Waals surface area contributed by atoms with Gasteiger partial charge >= 0.3 is 0 Å². The van der Waals surface area contributed by atoms with Crippen molar-refractivity contribution in [3.63, 3.8) is 0 Å². The highest BCUT2D eigenvalue weighted by molar-refractivity contribution is 5.80. The predicted octanol–water partition coefficient (Wildman–Crippen LogP) is 0.690. The maximum Gasteiger partial charge on any atom is 0.0606 e. The SMILES string of the molecule is CC1(N)C=C(c2cc[nH]c2)C(N(CCO)CCO)=CC1. The van der Waals surface area contributed by atoms with Crippen LogP contribution in [0, 0.1) is 0 Å². The topological polar surface area (TPSA) is 85.5 Å². The third-order valence-electron chi connectivity index (χ3n) is 3.47. The van der Waals surface area contributed by atoms with Crippen LogP contribution in [0.15, 0.2) is 36.3 Å².